The van der Waals surface area contributed by atoms with Gasteiger partial charge in [0.2, 0.25) is 0 Å². The monoisotopic (exact) mass is 406 g/mol. The minimum Gasteiger partial charge on any atom is -0.481 e. The standard InChI is InChI=1S/C25H30N2O3/c1-2-18-8-10-19(11-9-18)23-13-12-21(17-26-15-14-22(28)16-24(29)30)27-25(23)20-6-4-3-5-7-20/h3-8,10-13,18,22,26,28H,2,9,14-17H2,1H3,(H,29,30). The zero-order valence-corrected chi connectivity index (χ0v) is 17.4. The fourth-order valence-electron chi connectivity index (χ4n) is 3.60. The minimum atomic E-state index is -0.983. The number of allylic oxidation sites excluding steroid dienone is 4. The lowest BCUT2D eigenvalue weighted by Crippen LogP contribution is -2.22. The van der Waals surface area contributed by atoms with Gasteiger partial charge in [-0.25, -0.2) is 0 Å². The molecule has 0 saturated carbocycles. The van der Waals surface area contributed by atoms with Crippen molar-refractivity contribution in [3.05, 3.63) is 72.0 Å². The summed E-state index contributed by atoms with van der Waals surface area (Å²) < 4.78 is 0. The molecule has 1 heterocycles. The van der Waals surface area contributed by atoms with Gasteiger partial charge in [0.1, 0.15) is 0 Å². The van der Waals surface area contributed by atoms with Gasteiger partial charge >= 0.3 is 5.97 Å². The molecule has 0 fully saturated rings. The maximum absolute atomic E-state index is 10.6. The number of hydrogen-bond acceptors (Lipinski definition) is 4. The summed E-state index contributed by atoms with van der Waals surface area (Å²) in [5.74, 6) is -0.370. The number of nitrogens with one attached hydrogen (secondary N) is 1. The number of nitrogens with zero attached hydrogens (tertiary/aromatic N) is 1. The summed E-state index contributed by atoms with van der Waals surface area (Å²) in [4.78, 5) is 15.6. The molecule has 5 heteroatoms. The van der Waals surface area contributed by atoms with Crippen LogP contribution in [0.1, 0.15) is 43.9 Å². The molecular weight excluding hydrogens is 376 g/mol. The number of aliphatic hydroxyl groups excluding tert-OH is 1. The highest BCUT2D eigenvalue weighted by Crippen LogP contribution is 2.32. The van der Waals surface area contributed by atoms with Crippen LogP contribution in [0.5, 0.6) is 0 Å². The average Bonchev–Trinajstić information content (AvgIpc) is 2.77. The van der Waals surface area contributed by atoms with Crippen LogP contribution in [0.4, 0.5) is 0 Å². The number of aliphatic hydroxyl groups is 1. The molecule has 158 valence electrons. The van der Waals surface area contributed by atoms with E-state index in [0.717, 1.165) is 35.4 Å². The molecule has 5 nitrogen and oxygen atoms in total. The second kappa shape index (κ2) is 10.9. The second-order valence-electron chi connectivity index (χ2n) is 7.70. The van der Waals surface area contributed by atoms with Gasteiger partial charge in [-0.1, -0.05) is 61.5 Å². The predicted octanol–water partition coefficient (Wildman–Crippen LogP) is 4.43. The number of carboxylic acid groups (broad SMARTS) is 1. The summed E-state index contributed by atoms with van der Waals surface area (Å²) >= 11 is 0. The molecule has 30 heavy (non-hydrogen) atoms. The number of aromatic nitrogens is 1. The highest BCUT2D eigenvalue weighted by molar-refractivity contribution is 5.84. The Morgan fingerprint density at radius 1 is 1.23 bits per heavy atom. The summed E-state index contributed by atoms with van der Waals surface area (Å²) in [7, 11) is 0. The number of carboxylic acids is 1. The molecule has 0 saturated heterocycles. The first-order valence-electron chi connectivity index (χ1n) is 10.6. The average molecular weight is 407 g/mol. The Morgan fingerprint density at radius 2 is 2.03 bits per heavy atom. The van der Waals surface area contributed by atoms with Gasteiger partial charge in [-0.2, -0.15) is 0 Å². The Hall–Kier alpha value is -2.76. The normalized spacial score (nSPS) is 16.9. The zero-order chi connectivity index (χ0) is 21.3. The van der Waals surface area contributed by atoms with Gasteiger partial charge in [0.25, 0.3) is 0 Å². The Labute approximate surface area is 178 Å². The third kappa shape index (κ3) is 6.12. The van der Waals surface area contributed by atoms with Gasteiger partial charge in [0, 0.05) is 17.7 Å². The summed E-state index contributed by atoms with van der Waals surface area (Å²) in [6.45, 7) is 3.31. The van der Waals surface area contributed by atoms with E-state index in [1.54, 1.807) is 0 Å². The topological polar surface area (TPSA) is 82.5 Å². The largest absolute Gasteiger partial charge is 0.481 e. The van der Waals surface area contributed by atoms with Crippen molar-refractivity contribution in [2.45, 2.75) is 45.3 Å². The lowest BCUT2D eigenvalue weighted by molar-refractivity contribution is -0.139. The van der Waals surface area contributed by atoms with E-state index in [2.05, 4.69) is 48.7 Å². The van der Waals surface area contributed by atoms with Crippen LogP contribution in [0.3, 0.4) is 0 Å². The summed E-state index contributed by atoms with van der Waals surface area (Å²) in [6, 6.07) is 14.4. The first kappa shape index (κ1) is 21.9. The van der Waals surface area contributed by atoms with E-state index in [9.17, 15) is 9.90 Å². The molecular formula is C25H30N2O3. The smallest absolute Gasteiger partial charge is 0.305 e. The van der Waals surface area contributed by atoms with Crippen LogP contribution >= 0.6 is 0 Å². The fourth-order valence-corrected chi connectivity index (χ4v) is 3.60. The molecule has 0 amide bonds. The quantitative estimate of drug-likeness (QED) is 0.508. The van der Waals surface area contributed by atoms with Crippen LogP contribution in [0.2, 0.25) is 0 Å². The summed E-state index contributed by atoms with van der Waals surface area (Å²) in [5, 5.41) is 21.6. The van der Waals surface area contributed by atoms with Crippen molar-refractivity contribution in [2.75, 3.05) is 6.54 Å². The van der Waals surface area contributed by atoms with E-state index < -0.39 is 12.1 Å². The highest BCUT2D eigenvalue weighted by atomic mass is 16.4. The van der Waals surface area contributed by atoms with E-state index in [1.165, 1.54) is 5.57 Å². The zero-order valence-electron chi connectivity index (χ0n) is 17.4. The van der Waals surface area contributed by atoms with Crippen LogP contribution in [0.15, 0.2) is 60.7 Å². The maximum Gasteiger partial charge on any atom is 0.305 e. The van der Waals surface area contributed by atoms with Crippen molar-refractivity contribution >= 4 is 11.5 Å². The van der Waals surface area contributed by atoms with Crippen molar-refractivity contribution in [2.24, 2.45) is 5.92 Å². The molecule has 1 aliphatic rings. The van der Waals surface area contributed by atoms with Crippen molar-refractivity contribution in [3.8, 4) is 11.3 Å². The third-order valence-electron chi connectivity index (χ3n) is 5.39. The number of rotatable bonds is 10. The first-order chi connectivity index (χ1) is 14.6. The van der Waals surface area contributed by atoms with E-state index in [4.69, 9.17) is 10.1 Å². The molecule has 1 aliphatic carbocycles. The van der Waals surface area contributed by atoms with Crippen molar-refractivity contribution in [1.29, 1.82) is 0 Å². The number of benzene rings is 1. The van der Waals surface area contributed by atoms with Crippen LogP contribution in [-0.4, -0.2) is 33.8 Å². The Morgan fingerprint density at radius 3 is 2.70 bits per heavy atom. The van der Waals surface area contributed by atoms with E-state index in [1.807, 2.05) is 24.3 Å². The van der Waals surface area contributed by atoms with Gasteiger partial charge in [0.15, 0.2) is 0 Å². The molecule has 2 atom stereocenters. The van der Waals surface area contributed by atoms with Crippen LogP contribution in [0.25, 0.3) is 16.8 Å². The number of hydrogen-bond donors (Lipinski definition) is 3. The van der Waals surface area contributed by atoms with Gasteiger partial charge < -0.3 is 15.5 Å². The summed E-state index contributed by atoms with van der Waals surface area (Å²) in [5.41, 5.74) is 5.30. The molecule has 3 rings (SSSR count). The molecule has 0 aliphatic heterocycles. The van der Waals surface area contributed by atoms with Crippen LogP contribution in [-0.2, 0) is 11.3 Å². The Bertz CT molecular complexity index is 906. The molecule has 2 aromatic rings. The van der Waals surface area contributed by atoms with E-state index in [-0.39, 0.29) is 6.42 Å². The van der Waals surface area contributed by atoms with Gasteiger partial charge in [-0.3, -0.25) is 9.78 Å². The highest BCUT2D eigenvalue weighted by Gasteiger charge is 2.14. The molecule has 0 radical (unpaired) electrons. The second-order valence-corrected chi connectivity index (χ2v) is 7.70. The third-order valence-corrected chi connectivity index (χ3v) is 5.39. The number of aliphatic carboxylic acids is 1. The summed E-state index contributed by atoms with van der Waals surface area (Å²) in [6.07, 6.45) is 8.35. The van der Waals surface area contributed by atoms with Crippen molar-refractivity contribution in [1.82, 2.24) is 10.3 Å². The van der Waals surface area contributed by atoms with Crippen molar-refractivity contribution in [3.63, 3.8) is 0 Å². The van der Waals surface area contributed by atoms with Gasteiger partial charge in [0.05, 0.1) is 23.9 Å². The predicted molar refractivity (Wildman–Crippen MR) is 120 cm³/mol. The molecule has 2 unspecified atom stereocenters. The molecule has 0 spiro atoms. The fraction of sp³-hybridized carbons (Fsp3) is 0.360. The Kier molecular flexibility index (Phi) is 7.94. The first-order valence-corrected chi connectivity index (χ1v) is 10.6. The van der Waals surface area contributed by atoms with Crippen LogP contribution < -0.4 is 5.32 Å². The number of pyridine rings is 1. The van der Waals surface area contributed by atoms with E-state index in [0.29, 0.717) is 25.4 Å². The van der Waals surface area contributed by atoms with E-state index >= 15 is 0 Å². The molecule has 3 N–H and O–H groups in total. The lowest BCUT2D eigenvalue weighted by atomic mass is 9.90. The Balaban J connectivity index is 1.74. The maximum atomic E-state index is 10.6. The van der Waals surface area contributed by atoms with Gasteiger partial charge in [-0.05, 0) is 43.4 Å². The lowest BCUT2D eigenvalue weighted by Gasteiger charge is -2.17. The minimum absolute atomic E-state index is 0.228. The molecule has 1 aromatic heterocycles. The number of carbonyl (C=O) groups is 1. The molecule has 1 aromatic carbocycles. The van der Waals surface area contributed by atoms with Gasteiger partial charge in [-0.15, -0.1) is 0 Å². The van der Waals surface area contributed by atoms with Crippen molar-refractivity contribution < 1.29 is 15.0 Å². The SMILES string of the molecule is CCC1C=CC(c2ccc(CNCCC(O)CC(=O)O)nc2-c2ccccc2)=CC1. The van der Waals surface area contributed by atoms with Crippen LogP contribution in [0, 0.1) is 5.92 Å². The molecule has 0 bridgehead atoms.